The number of aromatic nitrogens is 2. The van der Waals surface area contributed by atoms with Crippen LogP contribution in [0.15, 0.2) is 24.3 Å². The van der Waals surface area contributed by atoms with Crippen molar-refractivity contribution in [1.82, 2.24) is 15.1 Å². The Balaban J connectivity index is 1.51. The van der Waals surface area contributed by atoms with Gasteiger partial charge in [-0.05, 0) is 62.3 Å². The molecule has 0 unspecified atom stereocenters. The number of halogens is 1. The molecule has 2 heterocycles. The predicted octanol–water partition coefficient (Wildman–Crippen LogP) is 2.55. The zero-order valence-corrected chi connectivity index (χ0v) is 15.3. The van der Waals surface area contributed by atoms with E-state index in [0.29, 0.717) is 32.4 Å². The maximum Gasteiger partial charge on any atom is 0.222 e. The van der Waals surface area contributed by atoms with E-state index in [1.165, 1.54) is 12.1 Å². The van der Waals surface area contributed by atoms with Crippen LogP contribution in [0.2, 0.25) is 0 Å². The van der Waals surface area contributed by atoms with Gasteiger partial charge < -0.3 is 10.0 Å². The summed E-state index contributed by atoms with van der Waals surface area (Å²) in [5.74, 6) is -0.0787. The van der Waals surface area contributed by atoms with Crippen LogP contribution in [0.1, 0.15) is 35.4 Å². The molecule has 1 fully saturated rings. The summed E-state index contributed by atoms with van der Waals surface area (Å²) >= 11 is 0. The van der Waals surface area contributed by atoms with Crippen molar-refractivity contribution in [2.24, 2.45) is 5.92 Å². The minimum Gasteiger partial charge on any atom is -0.391 e. The topological polar surface area (TPSA) is 69.2 Å². The van der Waals surface area contributed by atoms with Crippen molar-refractivity contribution >= 4 is 5.91 Å². The number of hydrogen-bond acceptors (Lipinski definition) is 3. The molecule has 1 aromatic carbocycles. The molecule has 1 saturated heterocycles. The summed E-state index contributed by atoms with van der Waals surface area (Å²) in [6.07, 6.45) is 2.01. The Bertz CT molecular complexity index is 737. The molecule has 2 aromatic rings. The number of rotatable bonds is 5. The number of carbonyl (C=O) groups excluding carboxylic acids is 1. The summed E-state index contributed by atoms with van der Waals surface area (Å²) in [5.41, 5.74) is 4.06. The lowest BCUT2D eigenvalue weighted by Crippen LogP contribution is -2.47. The van der Waals surface area contributed by atoms with Gasteiger partial charge in [-0.25, -0.2) is 4.39 Å². The minimum atomic E-state index is -0.546. The van der Waals surface area contributed by atoms with Crippen molar-refractivity contribution < 1.29 is 14.3 Å². The number of aliphatic hydroxyl groups excluding tert-OH is 1. The Morgan fingerprint density at radius 1 is 1.35 bits per heavy atom. The third kappa shape index (κ3) is 4.30. The fraction of sp³-hybridized carbons (Fsp3) is 0.500. The first-order valence-corrected chi connectivity index (χ1v) is 9.14. The summed E-state index contributed by atoms with van der Waals surface area (Å²) in [4.78, 5) is 14.3. The van der Waals surface area contributed by atoms with E-state index in [-0.39, 0.29) is 17.6 Å². The number of amides is 1. The van der Waals surface area contributed by atoms with Crippen molar-refractivity contribution in [2.45, 2.75) is 45.6 Å². The molecule has 1 aliphatic rings. The molecule has 0 bridgehead atoms. The van der Waals surface area contributed by atoms with Crippen LogP contribution in [0.5, 0.6) is 0 Å². The van der Waals surface area contributed by atoms with E-state index >= 15 is 0 Å². The van der Waals surface area contributed by atoms with Crippen LogP contribution in [0.25, 0.3) is 0 Å². The van der Waals surface area contributed by atoms with Crippen LogP contribution in [0.4, 0.5) is 4.39 Å². The van der Waals surface area contributed by atoms with Crippen molar-refractivity contribution in [3.8, 4) is 0 Å². The van der Waals surface area contributed by atoms with Crippen molar-refractivity contribution in [3.05, 3.63) is 52.6 Å². The largest absolute Gasteiger partial charge is 0.391 e. The van der Waals surface area contributed by atoms with Gasteiger partial charge >= 0.3 is 0 Å². The molecule has 140 valence electrons. The molecule has 3 rings (SSSR count). The van der Waals surface area contributed by atoms with Crippen LogP contribution in [0, 0.1) is 25.6 Å². The fourth-order valence-electron chi connectivity index (χ4n) is 3.70. The minimum absolute atomic E-state index is 0.0734. The molecule has 0 radical (unpaired) electrons. The van der Waals surface area contributed by atoms with E-state index in [1.54, 1.807) is 17.0 Å². The lowest BCUT2D eigenvalue weighted by atomic mass is 9.87. The summed E-state index contributed by atoms with van der Waals surface area (Å²) < 4.78 is 13.0. The number of aryl methyl sites for hydroxylation is 2. The zero-order valence-electron chi connectivity index (χ0n) is 15.3. The number of aromatic amines is 1. The van der Waals surface area contributed by atoms with Gasteiger partial charge in [0.05, 0.1) is 11.8 Å². The highest BCUT2D eigenvalue weighted by Crippen LogP contribution is 2.23. The van der Waals surface area contributed by atoms with Crippen LogP contribution < -0.4 is 0 Å². The number of carbonyl (C=O) groups is 1. The van der Waals surface area contributed by atoms with Gasteiger partial charge in [-0.15, -0.1) is 0 Å². The van der Waals surface area contributed by atoms with E-state index in [0.717, 1.165) is 28.9 Å². The highest BCUT2D eigenvalue weighted by atomic mass is 19.1. The van der Waals surface area contributed by atoms with Crippen LogP contribution >= 0.6 is 0 Å². The Morgan fingerprint density at radius 2 is 2.08 bits per heavy atom. The molecular formula is C20H26FN3O2. The normalized spacial score (nSPS) is 20.4. The van der Waals surface area contributed by atoms with E-state index < -0.39 is 6.10 Å². The summed E-state index contributed by atoms with van der Waals surface area (Å²) in [7, 11) is 0. The van der Waals surface area contributed by atoms with Gasteiger partial charge in [0.25, 0.3) is 0 Å². The SMILES string of the molecule is Cc1n[nH]c(C)c1CCC(=O)N1CC[C@H](Cc2ccc(F)cc2)[C@@H](O)C1. The first kappa shape index (κ1) is 18.6. The van der Waals surface area contributed by atoms with Gasteiger partial charge in [-0.3, -0.25) is 9.89 Å². The first-order chi connectivity index (χ1) is 12.4. The number of hydrogen-bond donors (Lipinski definition) is 2. The Kier molecular flexibility index (Phi) is 5.71. The molecule has 2 N–H and O–H groups in total. The highest BCUT2D eigenvalue weighted by Gasteiger charge is 2.30. The van der Waals surface area contributed by atoms with Crippen LogP contribution in [-0.2, 0) is 17.6 Å². The van der Waals surface area contributed by atoms with E-state index in [9.17, 15) is 14.3 Å². The lowest BCUT2D eigenvalue weighted by molar-refractivity contribution is -0.135. The molecular weight excluding hydrogens is 333 g/mol. The van der Waals surface area contributed by atoms with E-state index in [4.69, 9.17) is 0 Å². The summed E-state index contributed by atoms with van der Waals surface area (Å²) in [5, 5.41) is 17.6. The second-order valence-electron chi connectivity index (χ2n) is 7.20. The van der Waals surface area contributed by atoms with Crippen molar-refractivity contribution in [1.29, 1.82) is 0 Å². The van der Waals surface area contributed by atoms with Gasteiger partial charge in [0.2, 0.25) is 5.91 Å². The highest BCUT2D eigenvalue weighted by molar-refractivity contribution is 5.76. The predicted molar refractivity (Wildman–Crippen MR) is 97.2 cm³/mol. The molecule has 1 aromatic heterocycles. The maximum absolute atomic E-state index is 13.0. The number of β-amino-alcohol motifs (C(OH)–C–C–N with tert-alkyl or cyclic N) is 1. The fourth-order valence-corrected chi connectivity index (χ4v) is 3.70. The molecule has 1 amide bonds. The van der Waals surface area contributed by atoms with Crippen LogP contribution in [0.3, 0.4) is 0 Å². The van der Waals surface area contributed by atoms with Crippen LogP contribution in [-0.4, -0.2) is 45.3 Å². The number of nitrogens with one attached hydrogen (secondary N) is 1. The summed E-state index contributed by atoms with van der Waals surface area (Å²) in [6.45, 7) is 4.93. The van der Waals surface area contributed by atoms with Gasteiger partial charge in [0.1, 0.15) is 5.82 Å². The maximum atomic E-state index is 13.0. The van der Waals surface area contributed by atoms with Gasteiger partial charge in [-0.2, -0.15) is 5.10 Å². The smallest absolute Gasteiger partial charge is 0.222 e. The number of nitrogens with zero attached hydrogens (tertiary/aromatic N) is 2. The molecule has 0 aliphatic carbocycles. The second kappa shape index (κ2) is 7.99. The summed E-state index contributed by atoms with van der Waals surface area (Å²) in [6, 6.07) is 6.41. The van der Waals surface area contributed by atoms with E-state index in [1.807, 2.05) is 13.8 Å². The molecule has 5 nitrogen and oxygen atoms in total. The molecule has 0 saturated carbocycles. The van der Waals surface area contributed by atoms with Crippen molar-refractivity contribution in [3.63, 3.8) is 0 Å². The van der Waals surface area contributed by atoms with Gasteiger partial charge in [-0.1, -0.05) is 12.1 Å². The second-order valence-corrected chi connectivity index (χ2v) is 7.20. The number of H-pyrrole nitrogens is 1. The van der Waals surface area contributed by atoms with Crippen molar-refractivity contribution in [2.75, 3.05) is 13.1 Å². The molecule has 6 heteroatoms. The Morgan fingerprint density at radius 3 is 2.69 bits per heavy atom. The average molecular weight is 359 g/mol. The molecule has 2 atom stereocenters. The first-order valence-electron chi connectivity index (χ1n) is 9.14. The quantitative estimate of drug-likeness (QED) is 0.862. The monoisotopic (exact) mass is 359 g/mol. The molecule has 26 heavy (non-hydrogen) atoms. The number of aliphatic hydroxyl groups is 1. The Labute approximate surface area is 153 Å². The number of likely N-dealkylation sites (tertiary alicyclic amines) is 1. The van der Waals surface area contributed by atoms with E-state index in [2.05, 4.69) is 10.2 Å². The number of benzene rings is 1. The van der Waals surface area contributed by atoms with Gasteiger partial charge in [0, 0.05) is 25.2 Å². The standard InChI is InChI=1S/C20H26FN3O2/c1-13-18(14(2)23-22-13)7-8-20(26)24-10-9-16(19(25)12-24)11-15-3-5-17(21)6-4-15/h3-6,16,19,25H,7-12H2,1-2H3,(H,22,23)/t16-,19+/m1/s1. The Hall–Kier alpha value is -2.21. The zero-order chi connectivity index (χ0) is 18.7. The average Bonchev–Trinajstić information content (AvgIpc) is 2.94. The molecule has 0 spiro atoms. The lowest BCUT2D eigenvalue weighted by Gasteiger charge is -2.36. The third-order valence-electron chi connectivity index (χ3n) is 5.35. The number of piperidine rings is 1. The molecule has 1 aliphatic heterocycles. The van der Waals surface area contributed by atoms with Gasteiger partial charge in [0.15, 0.2) is 0 Å². The third-order valence-corrected chi connectivity index (χ3v) is 5.35.